The fourth-order valence-electron chi connectivity index (χ4n) is 2.08. The number of nitrogens with zero attached hydrogens (tertiary/aromatic N) is 1. The van der Waals surface area contributed by atoms with Crippen LogP contribution in [-0.4, -0.2) is 23.7 Å². The molecule has 0 aliphatic rings. The van der Waals surface area contributed by atoms with Crippen molar-refractivity contribution in [2.24, 2.45) is 0 Å². The van der Waals surface area contributed by atoms with Crippen LogP contribution in [0, 0.1) is 0 Å². The van der Waals surface area contributed by atoms with Crippen molar-refractivity contribution in [1.82, 2.24) is 10.3 Å². The van der Waals surface area contributed by atoms with Gasteiger partial charge in [-0.15, -0.1) is 0 Å². The summed E-state index contributed by atoms with van der Waals surface area (Å²) in [7, 11) is 1.89. The molecule has 2 N–H and O–H groups in total. The normalized spacial score (nSPS) is 14.8. The fraction of sp³-hybridized carbons (Fsp3) is 0.357. The summed E-state index contributed by atoms with van der Waals surface area (Å²) in [5.41, 5.74) is 1.04. The number of aliphatic hydroxyl groups is 1. The Morgan fingerprint density at radius 1 is 1.29 bits per heavy atom. The number of nitrogens with one attached hydrogen (secondary N) is 1. The van der Waals surface area contributed by atoms with Crippen molar-refractivity contribution >= 4 is 10.9 Å². The maximum absolute atomic E-state index is 10.5. The maximum atomic E-state index is 10.5. The molecular weight excluding hydrogens is 212 g/mol. The average molecular weight is 230 g/mol. The molecule has 17 heavy (non-hydrogen) atoms. The summed E-state index contributed by atoms with van der Waals surface area (Å²) in [5.74, 6) is 0. The summed E-state index contributed by atoms with van der Waals surface area (Å²) in [4.78, 5) is 4.31. The monoisotopic (exact) mass is 230 g/mol. The highest BCUT2D eigenvalue weighted by atomic mass is 16.3. The molecule has 1 aromatic heterocycles. The van der Waals surface area contributed by atoms with Crippen molar-refractivity contribution in [1.29, 1.82) is 0 Å². The van der Waals surface area contributed by atoms with Gasteiger partial charge in [-0.25, -0.2) is 0 Å². The van der Waals surface area contributed by atoms with Crippen LogP contribution in [-0.2, 0) is 5.60 Å². The molecule has 3 nitrogen and oxygen atoms in total. The van der Waals surface area contributed by atoms with Gasteiger partial charge >= 0.3 is 0 Å². The van der Waals surface area contributed by atoms with Gasteiger partial charge in [0.25, 0.3) is 0 Å². The van der Waals surface area contributed by atoms with Crippen LogP contribution in [0.2, 0.25) is 0 Å². The van der Waals surface area contributed by atoms with Gasteiger partial charge in [-0.2, -0.15) is 0 Å². The van der Waals surface area contributed by atoms with E-state index >= 15 is 0 Å². The minimum Gasteiger partial charge on any atom is -0.385 e. The number of aromatic nitrogens is 1. The summed E-state index contributed by atoms with van der Waals surface area (Å²) >= 11 is 0. The number of pyridine rings is 1. The van der Waals surface area contributed by atoms with Gasteiger partial charge < -0.3 is 10.4 Å². The maximum Gasteiger partial charge on any atom is 0.0887 e. The zero-order chi connectivity index (χ0) is 12.3. The molecule has 0 saturated heterocycles. The van der Waals surface area contributed by atoms with E-state index in [1.807, 2.05) is 44.3 Å². The molecule has 0 radical (unpaired) electrons. The Hall–Kier alpha value is -1.45. The van der Waals surface area contributed by atoms with Crippen LogP contribution in [0.5, 0.6) is 0 Å². The Morgan fingerprint density at radius 2 is 2.12 bits per heavy atom. The van der Waals surface area contributed by atoms with Crippen LogP contribution in [0.3, 0.4) is 0 Å². The summed E-state index contributed by atoms with van der Waals surface area (Å²) in [6.45, 7) is 2.63. The van der Waals surface area contributed by atoms with Gasteiger partial charge in [-0.3, -0.25) is 4.98 Å². The van der Waals surface area contributed by atoms with Gasteiger partial charge in [0.15, 0.2) is 0 Å². The van der Waals surface area contributed by atoms with Gasteiger partial charge in [0.05, 0.1) is 11.1 Å². The van der Waals surface area contributed by atoms with Gasteiger partial charge in [-0.05, 0) is 44.6 Å². The molecule has 2 aromatic rings. The molecular formula is C14H18N2O. The number of benzene rings is 1. The average Bonchev–Trinajstić information content (AvgIpc) is 2.36. The number of hydrogen-bond acceptors (Lipinski definition) is 3. The molecule has 0 bridgehead atoms. The van der Waals surface area contributed by atoms with Gasteiger partial charge in [-0.1, -0.05) is 18.2 Å². The zero-order valence-electron chi connectivity index (χ0n) is 10.3. The quantitative estimate of drug-likeness (QED) is 0.845. The smallest absolute Gasteiger partial charge is 0.0887 e. The van der Waals surface area contributed by atoms with E-state index in [1.54, 1.807) is 6.20 Å². The van der Waals surface area contributed by atoms with E-state index in [-0.39, 0.29) is 0 Å². The lowest BCUT2D eigenvalue weighted by atomic mass is 9.89. The second kappa shape index (κ2) is 4.82. The van der Waals surface area contributed by atoms with E-state index in [0.29, 0.717) is 6.42 Å². The van der Waals surface area contributed by atoms with Crippen molar-refractivity contribution in [2.75, 3.05) is 13.6 Å². The van der Waals surface area contributed by atoms with E-state index in [0.717, 1.165) is 23.0 Å². The third-order valence-corrected chi connectivity index (χ3v) is 3.09. The third-order valence-electron chi connectivity index (χ3n) is 3.09. The lowest BCUT2D eigenvalue weighted by Crippen LogP contribution is -2.26. The molecule has 0 fully saturated rings. The predicted octanol–water partition coefficient (Wildman–Crippen LogP) is 2.05. The molecule has 1 unspecified atom stereocenters. The molecule has 0 aliphatic carbocycles. The molecule has 0 spiro atoms. The van der Waals surface area contributed by atoms with E-state index in [1.165, 1.54) is 0 Å². The zero-order valence-corrected chi connectivity index (χ0v) is 10.3. The summed E-state index contributed by atoms with van der Waals surface area (Å²) in [6.07, 6.45) is 2.45. The van der Waals surface area contributed by atoms with Crippen molar-refractivity contribution in [3.05, 3.63) is 42.1 Å². The summed E-state index contributed by atoms with van der Waals surface area (Å²) in [5, 5.41) is 14.6. The van der Waals surface area contributed by atoms with Gasteiger partial charge in [0.2, 0.25) is 0 Å². The third kappa shape index (κ3) is 2.46. The Balaban J connectivity index is 2.47. The second-order valence-electron chi connectivity index (χ2n) is 4.50. The molecule has 1 aromatic carbocycles. The highest BCUT2D eigenvalue weighted by molar-refractivity contribution is 5.82. The van der Waals surface area contributed by atoms with Crippen LogP contribution in [0.4, 0.5) is 0 Å². The van der Waals surface area contributed by atoms with Crippen molar-refractivity contribution < 1.29 is 5.11 Å². The molecule has 0 aliphatic heterocycles. The van der Waals surface area contributed by atoms with Crippen molar-refractivity contribution in [3.63, 3.8) is 0 Å². The SMILES string of the molecule is CNCCC(C)(O)c1cccc2ncccc12. The first-order chi connectivity index (χ1) is 8.15. The van der Waals surface area contributed by atoms with Gasteiger partial charge in [0.1, 0.15) is 0 Å². The molecule has 3 heteroatoms. The molecule has 1 atom stereocenters. The van der Waals surface area contributed by atoms with Crippen LogP contribution >= 0.6 is 0 Å². The van der Waals surface area contributed by atoms with E-state index in [4.69, 9.17) is 0 Å². The second-order valence-corrected chi connectivity index (χ2v) is 4.50. The predicted molar refractivity (Wildman–Crippen MR) is 69.9 cm³/mol. The highest BCUT2D eigenvalue weighted by Crippen LogP contribution is 2.29. The number of hydrogen-bond donors (Lipinski definition) is 2. The Labute approximate surface area is 102 Å². The Bertz CT molecular complexity index is 503. The Kier molecular flexibility index (Phi) is 3.41. The van der Waals surface area contributed by atoms with E-state index < -0.39 is 5.60 Å². The number of fused-ring (bicyclic) bond motifs is 1. The summed E-state index contributed by atoms with van der Waals surface area (Å²) in [6, 6.07) is 9.79. The van der Waals surface area contributed by atoms with Gasteiger partial charge in [0, 0.05) is 11.6 Å². The first kappa shape index (κ1) is 12.0. The largest absolute Gasteiger partial charge is 0.385 e. The Morgan fingerprint density at radius 3 is 2.88 bits per heavy atom. The lowest BCUT2D eigenvalue weighted by molar-refractivity contribution is 0.0500. The highest BCUT2D eigenvalue weighted by Gasteiger charge is 2.24. The first-order valence-electron chi connectivity index (χ1n) is 5.86. The first-order valence-corrected chi connectivity index (χ1v) is 5.86. The fourth-order valence-corrected chi connectivity index (χ4v) is 2.08. The van der Waals surface area contributed by atoms with E-state index in [9.17, 15) is 5.11 Å². The molecule has 90 valence electrons. The van der Waals surface area contributed by atoms with Crippen LogP contribution in [0.1, 0.15) is 18.9 Å². The van der Waals surface area contributed by atoms with Crippen LogP contribution in [0.15, 0.2) is 36.5 Å². The summed E-state index contributed by atoms with van der Waals surface area (Å²) < 4.78 is 0. The van der Waals surface area contributed by atoms with Crippen LogP contribution < -0.4 is 5.32 Å². The van der Waals surface area contributed by atoms with Crippen molar-refractivity contribution in [2.45, 2.75) is 18.9 Å². The molecule has 0 saturated carbocycles. The standard InChI is InChI=1S/C14H18N2O/c1-14(17,8-10-15-2)12-6-3-7-13-11(12)5-4-9-16-13/h3-7,9,15,17H,8,10H2,1-2H3. The molecule has 2 rings (SSSR count). The minimum absolute atomic E-state index is 0.678. The molecule has 1 heterocycles. The number of rotatable bonds is 4. The minimum atomic E-state index is -0.828. The molecule has 0 amide bonds. The van der Waals surface area contributed by atoms with Crippen molar-refractivity contribution in [3.8, 4) is 0 Å². The van der Waals surface area contributed by atoms with Crippen LogP contribution in [0.25, 0.3) is 10.9 Å². The van der Waals surface area contributed by atoms with E-state index in [2.05, 4.69) is 10.3 Å². The lowest BCUT2D eigenvalue weighted by Gasteiger charge is -2.25. The topological polar surface area (TPSA) is 45.1 Å².